The van der Waals surface area contributed by atoms with Crippen molar-refractivity contribution in [3.05, 3.63) is 60.0 Å². The molecule has 1 aliphatic rings. The van der Waals surface area contributed by atoms with Crippen molar-refractivity contribution >= 4 is 16.5 Å². The summed E-state index contributed by atoms with van der Waals surface area (Å²) in [6.07, 6.45) is 3.48. The van der Waals surface area contributed by atoms with Gasteiger partial charge in [-0.1, -0.05) is 13.0 Å². The van der Waals surface area contributed by atoms with E-state index in [1.54, 1.807) is 16.9 Å². The predicted octanol–water partition coefficient (Wildman–Crippen LogP) is 2.28. The summed E-state index contributed by atoms with van der Waals surface area (Å²) in [5, 5.41) is 16.6. The number of fused-ring (bicyclic) bond motifs is 1. The van der Waals surface area contributed by atoms with Gasteiger partial charge in [0.05, 0.1) is 45.8 Å². The van der Waals surface area contributed by atoms with Crippen LogP contribution >= 0.6 is 0 Å². The van der Waals surface area contributed by atoms with E-state index < -0.39 is 10.8 Å². The van der Waals surface area contributed by atoms with Crippen LogP contribution in [0, 0.1) is 0 Å². The van der Waals surface area contributed by atoms with E-state index in [1.165, 1.54) is 0 Å². The molecule has 0 saturated heterocycles. The standard InChI is InChI=1S/C19H20N4O3S/c1-13(14-2-4-17-18(10-14)27(25)12-21-17)16-6-7-23(22-16)19-5-3-15(11-20-19)26-9-8-24/h2-7,10-11,13,21,24H,8-9,12H2,1H3/t13-,27?/m0/s1. The molecule has 8 heteroatoms. The summed E-state index contributed by atoms with van der Waals surface area (Å²) in [6, 6.07) is 11.6. The van der Waals surface area contributed by atoms with Gasteiger partial charge in [0, 0.05) is 12.1 Å². The predicted molar refractivity (Wildman–Crippen MR) is 103 cm³/mol. The van der Waals surface area contributed by atoms with Crippen LogP contribution in [0.3, 0.4) is 0 Å². The molecular formula is C19H20N4O3S. The summed E-state index contributed by atoms with van der Waals surface area (Å²) in [5.41, 5.74) is 2.94. The third kappa shape index (κ3) is 3.58. The van der Waals surface area contributed by atoms with E-state index >= 15 is 0 Å². The van der Waals surface area contributed by atoms with Crippen molar-refractivity contribution in [2.45, 2.75) is 17.7 Å². The Morgan fingerprint density at radius 1 is 1.33 bits per heavy atom. The van der Waals surface area contributed by atoms with Gasteiger partial charge in [-0.05, 0) is 35.9 Å². The highest BCUT2D eigenvalue weighted by Gasteiger charge is 2.20. The summed E-state index contributed by atoms with van der Waals surface area (Å²) < 4.78 is 19.1. The lowest BCUT2D eigenvalue weighted by molar-refractivity contribution is 0.201. The largest absolute Gasteiger partial charge is 0.490 e. The highest BCUT2D eigenvalue weighted by molar-refractivity contribution is 7.85. The van der Waals surface area contributed by atoms with E-state index in [1.807, 2.05) is 36.5 Å². The van der Waals surface area contributed by atoms with Crippen LogP contribution in [0.1, 0.15) is 24.1 Å². The number of aliphatic hydroxyl groups excluding tert-OH is 1. The molecule has 0 aliphatic carbocycles. The lowest BCUT2D eigenvalue weighted by Gasteiger charge is -2.11. The number of rotatable bonds is 6. The van der Waals surface area contributed by atoms with Crippen LogP contribution in [0.25, 0.3) is 5.82 Å². The second-order valence-electron chi connectivity index (χ2n) is 6.25. The summed E-state index contributed by atoms with van der Waals surface area (Å²) in [7, 11) is -0.985. The van der Waals surface area contributed by atoms with Gasteiger partial charge in [-0.2, -0.15) is 5.10 Å². The first-order valence-electron chi connectivity index (χ1n) is 8.67. The Labute approximate surface area is 159 Å². The molecule has 3 aromatic rings. The SMILES string of the molecule is C[C@@H](c1ccc2c(c1)S(=O)CN2)c1ccn(-c2ccc(OCCO)cn2)n1. The quantitative estimate of drug-likeness (QED) is 0.678. The van der Waals surface area contributed by atoms with Gasteiger partial charge in [-0.15, -0.1) is 0 Å². The molecule has 2 N–H and O–H groups in total. The zero-order valence-electron chi connectivity index (χ0n) is 14.8. The van der Waals surface area contributed by atoms with E-state index in [4.69, 9.17) is 9.84 Å². The normalized spacial score (nSPS) is 16.6. The van der Waals surface area contributed by atoms with Crippen LogP contribution < -0.4 is 10.1 Å². The summed E-state index contributed by atoms with van der Waals surface area (Å²) in [6.45, 7) is 2.29. The molecular weight excluding hydrogens is 364 g/mol. The minimum Gasteiger partial charge on any atom is -0.490 e. The first-order valence-corrected chi connectivity index (χ1v) is 9.99. The van der Waals surface area contributed by atoms with E-state index in [0.717, 1.165) is 21.8 Å². The van der Waals surface area contributed by atoms with Crippen molar-refractivity contribution in [2.24, 2.45) is 0 Å². The third-order valence-electron chi connectivity index (χ3n) is 4.51. The van der Waals surface area contributed by atoms with Gasteiger partial charge in [-0.3, -0.25) is 4.21 Å². The first kappa shape index (κ1) is 17.7. The van der Waals surface area contributed by atoms with Crippen LogP contribution in [0.2, 0.25) is 0 Å². The van der Waals surface area contributed by atoms with E-state index in [9.17, 15) is 4.21 Å². The number of anilines is 1. The molecule has 140 valence electrons. The molecule has 0 radical (unpaired) electrons. The third-order valence-corrected chi connectivity index (χ3v) is 5.75. The number of hydrogen-bond donors (Lipinski definition) is 2. The zero-order valence-corrected chi connectivity index (χ0v) is 15.6. The maximum atomic E-state index is 12.1. The number of aromatic nitrogens is 3. The first-order chi connectivity index (χ1) is 13.2. The average Bonchev–Trinajstić information content (AvgIpc) is 3.33. The summed E-state index contributed by atoms with van der Waals surface area (Å²) in [5.74, 6) is 1.84. The highest BCUT2D eigenvalue weighted by atomic mass is 32.2. The molecule has 3 heterocycles. The Morgan fingerprint density at radius 3 is 3.00 bits per heavy atom. The Hall–Kier alpha value is -2.71. The number of nitrogens with one attached hydrogen (secondary N) is 1. The number of benzene rings is 1. The molecule has 0 bridgehead atoms. The molecule has 2 aromatic heterocycles. The minimum atomic E-state index is -0.985. The van der Waals surface area contributed by atoms with Gasteiger partial charge in [0.15, 0.2) is 5.82 Å². The maximum absolute atomic E-state index is 12.1. The van der Waals surface area contributed by atoms with Gasteiger partial charge < -0.3 is 15.2 Å². The smallest absolute Gasteiger partial charge is 0.153 e. The number of hydrogen-bond acceptors (Lipinski definition) is 6. The number of nitrogens with zero attached hydrogens (tertiary/aromatic N) is 3. The topological polar surface area (TPSA) is 89.3 Å². The Kier molecular flexibility index (Phi) is 4.91. The lowest BCUT2D eigenvalue weighted by Crippen LogP contribution is -2.04. The second-order valence-corrected chi connectivity index (χ2v) is 7.67. The number of aliphatic hydroxyl groups is 1. The van der Waals surface area contributed by atoms with Gasteiger partial charge in [0.1, 0.15) is 12.4 Å². The average molecular weight is 384 g/mol. The van der Waals surface area contributed by atoms with Crippen LogP contribution in [0.4, 0.5) is 5.69 Å². The molecule has 1 aromatic carbocycles. The second kappa shape index (κ2) is 7.50. The van der Waals surface area contributed by atoms with E-state index in [2.05, 4.69) is 22.3 Å². The molecule has 7 nitrogen and oxygen atoms in total. The molecule has 0 saturated carbocycles. The molecule has 0 fully saturated rings. The Balaban J connectivity index is 1.54. The van der Waals surface area contributed by atoms with Crippen LogP contribution in [0.5, 0.6) is 5.75 Å². The fourth-order valence-electron chi connectivity index (χ4n) is 2.99. The monoisotopic (exact) mass is 384 g/mol. The van der Waals surface area contributed by atoms with Crippen molar-refractivity contribution in [1.82, 2.24) is 14.8 Å². The fourth-order valence-corrected chi connectivity index (χ4v) is 4.08. The molecule has 1 unspecified atom stereocenters. The minimum absolute atomic E-state index is 0.0332. The molecule has 4 rings (SSSR count). The van der Waals surface area contributed by atoms with E-state index in [-0.39, 0.29) is 19.1 Å². The van der Waals surface area contributed by atoms with Crippen molar-refractivity contribution in [1.29, 1.82) is 0 Å². The highest BCUT2D eigenvalue weighted by Crippen LogP contribution is 2.31. The van der Waals surface area contributed by atoms with Crippen molar-refractivity contribution in [3.63, 3.8) is 0 Å². The van der Waals surface area contributed by atoms with Gasteiger partial charge >= 0.3 is 0 Å². The number of ether oxygens (including phenoxy) is 1. The summed E-state index contributed by atoms with van der Waals surface area (Å²) >= 11 is 0. The molecule has 1 aliphatic heterocycles. The Bertz CT molecular complexity index is 971. The maximum Gasteiger partial charge on any atom is 0.153 e. The fraction of sp³-hybridized carbons (Fsp3) is 0.263. The van der Waals surface area contributed by atoms with Crippen LogP contribution in [0.15, 0.2) is 53.7 Å². The molecule has 2 atom stereocenters. The van der Waals surface area contributed by atoms with Gasteiger partial charge in [0.2, 0.25) is 0 Å². The molecule has 0 spiro atoms. The van der Waals surface area contributed by atoms with Gasteiger partial charge in [-0.25, -0.2) is 9.67 Å². The lowest BCUT2D eigenvalue weighted by atomic mass is 9.98. The summed E-state index contributed by atoms with van der Waals surface area (Å²) in [4.78, 5) is 5.21. The Morgan fingerprint density at radius 2 is 2.22 bits per heavy atom. The van der Waals surface area contributed by atoms with Crippen LogP contribution in [-0.2, 0) is 10.8 Å². The van der Waals surface area contributed by atoms with Crippen LogP contribution in [-0.4, -0.2) is 43.2 Å². The van der Waals surface area contributed by atoms with Crippen molar-refractivity contribution < 1.29 is 14.1 Å². The van der Waals surface area contributed by atoms with Crippen molar-refractivity contribution in [2.75, 3.05) is 24.4 Å². The number of pyridine rings is 1. The van der Waals surface area contributed by atoms with Crippen molar-refractivity contribution in [3.8, 4) is 11.6 Å². The van der Waals surface area contributed by atoms with Gasteiger partial charge in [0.25, 0.3) is 0 Å². The molecule has 0 amide bonds. The molecule has 27 heavy (non-hydrogen) atoms. The zero-order chi connectivity index (χ0) is 18.8. The van der Waals surface area contributed by atoms with E-state index in [0.29, 0.717) is 17.4 Å².